The number of rotatable bonds is 4. The predicted octanol–water partition coefficient (Wildman–Crippen LogP) is 1.81. The van der Waals surface area contributed by atoms with E-state index in [4.69, 9.17) is 18.9 Å². The van der Waals surface area contributed by atoms with Gasteiger partial charge >= 0.3 is 0 Å². The zero-order valence-corrected chi connectivity index (χ0v) is 10.1. The van der Waals surface area contributed by atoms with E-state index < -0.39 is 0 Å². The van der Waals surface area contributed by atoms with Gasteiger partial charge in [-0.05, 0) is 12.1 Å². The van der Waals surface area contributed by atoms with E-state index in [1.54, 1.807) is 21.3 Å². The maximum absolute atomic E-state index is 5.39. The Bertz CT molecular complexity index is 423. The minimum absolute atomic E-state index is 0.121. The van der Waals surface area contributed by atoms with E-state index in [9.17, 15) is 0 Å². The zero-order valence-electron chi connectivity index (χ0n) is 10.1. The summed E-state index contributed by atoms with van der Waals surface area (Å²) in [5, 5.41) is 0. The maximum Gasteiger partial charge on any atom is 0.203 e. The molecular formula is C12H15NO4. The van der Waals surface area contributed by atoms with E-state index in [1.165, 1.54) is 6.40 Å². The molecule has 1 atom stereocenters. The Balaban J connectivity index is 2.45. The molecule has 17 heavy (non-hydrogen) atoms. The van der Waals surface area contributed by atoms with Gasteiger partial charge in [-0.25, -0.2) is 0 Å². The van der Waals surface area contributed by atoms with E-state index >= 15 is 0 Å². The van der Waals surface area contributed by atoms with E-state index in [0.717, 1.165) is 5.56 Å². The van der Waals surface area contributed by atoms with Crippen molar-refractivity contribution in [2.45, 2.75) is 6.10 Å². The van der Waals surface area contributed by atoms with Crippen molar-refractivity contribution in [3.63, 3.8) is 0 Å². The lowest BCUT2D eigenvalue weighted by molar-refractivity contribution is 0.230. The molecule has 0 spiro atoms. The summed E-state index contributed by atoms with van der Waals surface area (Å²) in [5.41, 5.74) is 0.905. The summed E-state index contributed by atoms with van der Waals surface area (Å²) in [7, 11) is 4.76. The van der Waals surface area contributed by atoms with Gasteiger partial charge in [-0.3, -0.25) is 4.99 Å². The second-order valence-corrected chi connectivity index (χ2v) is 3.52. The molecule has 0 amide bonds. The Morgan fingerprint density at radius 3 is 2.41 bits per heavy atom. The lowest BCUT2D eigenvalue weighted by Gasteiger charge is -2.18. The minimum Gasteiger partial charge on any atom is -0.493 e. The summed E-state index contributed by atoms with van der Waals surface area (Å²) in [6.45, 7) is 0.589. The summed E-state index contributed by atoms with van der Waals surface area (Å²) in [4.78, 5) is 4.04. The standard InChI is InChI=1S/C12H15NO4/c1-14-9-5-4-8(10-6-13-7-17-10)11(15-2)12(9)16-3/h4-5,7,10H,6H2,1-3H3. The van der Waals surface area contributed by atoms with Crippen LogP contribution in [0, 0.1) is 0 Å². The van der Waals surface area contributed by atoms with Crippen LogP contribution < -0.4 is 14.2 Å². The summed E-state index contributed by atoms with van der Waals surface area (Å²) in [6, 6.07) is 3.73. The monoisotopic (exact) mass is 237 g/mol. The molecule has 1 aromatic rings. The van der Waals surface area contributed by atoms with Crippen molar-refractivity contribution in [2.75, 3.05) is 27.9 Å². The van der Waals surface area contributed by atoms with Crippen LogP contribution in [0.2, 0.25) is 0 Å². The number of methoxy groups -OCH3 is 3. The molecule has 0 fully saturated rings. The molecule has 1 aliphatic rings. The van der Waals surface area contributed by atoms with Gasteiger partial charge in [0.15, 0.2) is 17.9 Å². The average molecular weight is 237 g/mol. The highest BCUT2D eigenvalue weighted by Crippen LogP contribution is 2.43. The summed E-state index contributed by atoms with van der Waals surface area (Å²) in [5.74, 6) is 1.83. The quantitative estimate of drug-likeness (QED) is 0.801. The van der Waals surface area contributed by atoms with E-state index in [1.807, 2.05) is 12.1 Å². The number of ether oxygens (including phenoxy) is 4. The molecule has 2 rings (SSSR count). The van der Waals surface area contributed by atoms with Crippen molar-refractivity contribution < 1.29 is 18.9 Å². The van der Waals surface area contributed by atoms with Crippen molar-refractivity contribution in [1.29, 1.82) is 0 Å². The minimum atomic E-state index is -0.121. The zero-order chi connectivity index (χ0) is 12.3. The first kappa shape index (κ1) is 11.6. The van der Waals surface area contributed by atoms with Crippen molar-refractivity contribution >= 4 is 6.40 Å². The third-order valence-electron chi connectivity index (χ3n) is 2.65. The Morgan fingerprint density at radius 1 is 1.12 bits per heavy atom. The second-order valence-electron chi connectivity index (χ2n) is 3.52. The highest BCUT2D eigenvalue weighted by Gasteiger charge is 2.24. The average Bonchev–Trinajstić information content (AvgIpc) is 2.90. The molecule has 1 unspecified atom stereocenters. The smallest absolute Gasteiger partial charge is 0.203 e. The van der Waals surface area contributed by atoms with E-state index in [0.29, 0.717) is 23.8 Å². The van der Waals surface area contributed by atoms with Crippen LogP contribution in [-0.4, -0.2) is 34.3 Å². The molecule has 5 heteroatoms. The van der Waals surface area contributed by atoms with Crippen LogP contribution in [0.15, 0.2) is 17.1 Å². The van der Waals surface area contributed by atoms with Gasteiger partial charge in [0.1, 0.15) is 6.10 Å². The number of aliphatic imine (C=N–C) groups is 1. The summed E-state index contributed by atoms with van der Waals surface area (Å²) < 4.78 is 21.3. The van der Waals surface area contributed by atoms with Gasteiger partial charge in [0.05, 0.1) is 27.9 Å². The molecule has 0 radical (unpaired) electrons. The van der Waals surface area contributed by atoms with Crippen molar-refractivity contribution in [3.05, 3.63) is 17.7 Å². The molecule has 0 saturated heterocycles. The molecule has 92 valence electrons. The SMILES string of the molecule is COc1ccc(C2CN=CO2)c(OC)c1OC. The van der Waals surface area contributed by atoms with Gasteiger partial charge < -0.3 is 18.9 Å². The molecule has 0 bridgehead atoms. The van der Waals surface area contributed by atoms with Crippen molar-refractivity contribution in [3.8, 4) is 17.2 Å². The first-order valence-corrected chi connectivity index (χ1v) is 5.24. The van der Waals surface area contributed by atoms with Gasteiger partial charge in [0.25, 0.3) is 0 Å². The maximum atomic E-state index is 5.39. The number of nitrogens with zero attached hydrogens (tertiary/aromatic N) is 1. The first-order valence-electron chi connectivity index (χ1n) is 5.24. The largest absolute Gasteiger partial charge is 0.493 e. The Labute approximate surface area is 100.0 Å². The Morgan fingerprint density at radius 2 is 1.88 bits per heavy atom. The van der Waals surface area contributed by atoms with Gasteiger partial charge in [-0.15, -0.1) is 0 Å². The molecule has 0 aromatic heterocycles. The fourth-order valence-electron chi connectivity index (χ4n) is 1.85. The third-order valence-corrected chi connectivity index (χ3v) is 2.65. The van der Waals surface area contributed by atoms with Gasteiger partial charge in [0, 0.05) is 5.56 Å². The topological polar surface area (TPSA) is 49.3 Å². The fourth-order valence-corrected chi connectivity index (χ4v) is 1.85. The Hall–Kier alpha value is -1.91. The van der Waals surface area contributed by atoms with E-state index in [2.05, 4.69) is 4.99 Å². The molecule has 1 aliphatic heterocycles. The normalized spacial score (nSPS) is 17.7. The van der Waals surface area contributed by atoms with Crippen LogP contribution in [0.4, 0.5) is 0 Å². The van der Waals surface area contributed by atoms with Crippen LogP contribution in [0.3, 0.4) is 0 Å². The molecule has 0 aliphatic carbocycles. The highest BCUT2D eigenvalue weighted by molar-refractivity contribution is 5.58. The van der Waals surface area contributed by atoms with Crippen LogP contribution in [0.5, 0.6) is 17.2 Å². The van der Waals surface area contributed by atoms with Gasteiger partial charge in [-0.1, -0.05) is 0 Å². The van der Waals surface area contributed by atoms with Crippen LogP contribution in [0.25, 0.3) is 0 Å². The molecule has 0 saturated carbocycles. The lowest BCUT2D eigenvalue weighted by atomic mass is 10.1. The number of hydrogen-bond acceptors (Lipinski definition) is 5. The number of hydrogen-bond donors (Lipinski definition) is 0. The first-order chi connectivity index (χ1) is 8.31. The van der Waals surface area contributed by atoms with Gasteiger partial charge in [-0.2, -0.15) is 0 Å². The Kier molecular flexibility index (Phi) is 3.37. The summed E-state index contributed by atoms with van der Waals surface area (Å²) >= 11 is 0. The van der Waals surface area contributed by atoms with Crippen LogP contribution in [0.1, 0.15) is 11.7 Å². The van der Waals surface area contributed by atoms with E-state index in [-0.39, 0.29) is 6.10 Å². The third kappa shape index (κ3) is 2.00. The molecule has 1 heterocycles. The predicted molar refractivity (Wildman–Crippen MR) is 63.3 cm³/mol. The molecule has 5 nitrogen and oxygen atoms in total. The lowest BCUT2D eigenvalue weighted by Crippen LogP contribution is -2.05. The second kappa shape index (κ2) is 4.95. The van der Waals surface area contributed by atoms with Crippen molar-refractivity contribution in [1.82, 2.24) is 0 Å². The van der Waals surface area contributed by atoms with Crippen LogP contribution >= 0.6 is 0 Å². The molecule has 0 N–H and O–H groups in total. The van der Waals surface area contributed by atoms with Gasteiger partial charge in [0.2, 0.25) is 5.75 Å². The molecular weight excluding hydrogens is 222 g/mol. The summed E-state index contributed by atoms with van der Waals surface area (Å²) in [6.07, 6.45) is 1.34. The number of benzene rings is 1. The fraction of sp³-hybridized carbons (Fsp3) is 0.417. The highest BCUT2D eigenvalue weighted by atomic mass is 16.5. The van der Waals surface area contributed by atoms with Crippen LogP contribution in [-0.2, 0) is 4.74 Å². The molecule has 1 aromatic carbocycles. The van der Waals surface area contributed by atoms with Crippen molar-refractivity contribution in [2.24, 2.45) is 4.99 Å².